The molecule has 0 heterocycles. The first-order valence-corrected chi connectivity index (χ1v) is 4.80. The fourth-order valence-corrected chi connectivity index (χ4v) is 0.977. The smallest absolute Gasteiger partial charge is 0.109 e. The average molecular weight is 207 g/mol. The molecule has 0 aromatic carbocycles. The van der Waals surface area contributed by atoms with Gasteiger partial charge in [0.25, 0.3) is 0 Å². The lowest BCUT2D eigenvalue weighted by atomic mass is 10.5. The first-order valence-electron chi connectivity index (χ1n) is 4.80. The van der Waals surface area contributed by atoms with Crippen LogP contribution in [-0.4, -0.2) is 61.0 Å². The van der Waals surface area contributed by atoms with Crippen LogP contribution in [0.1, 0.15) is 13.8 Å². The largest absolute Gasteiger partial charge is 0.394 e. The molecule has 5 nitrogen and oxygen atoms in total. The van der Waals surface area contributed by atoms with Gasteiger partial charge in [-0.15, -0.1) is 0 Å². The Hall–Kier alpha value is -0.200. The number of hydrogen-bond donors (Lipinski definition) is 2. The molecule has 0 aliphatic carbocycles. The van der Waals surface area contributed by atoms with E-state index in [0.29, 0.717) is 13.2 Å². The monoisotopic (exact) mass is 207 g/mol. The number of hydrogen-bond acceptors (Lipinski definition) is 5. The van der Waals surface area contributed by atoms with Crippen LogP contribution in [0.15, 0.2) is 0 Å². The van der Waals surface area contributed by atoms with Crippen molar-refractivity contribution in [2.24, 2.45) is 0 Å². The molecule has 2 atom stereocenters. The number of ether oxygens (including phenoxy) is 2. The highest BCUT2D eigenvalue weighted by Crippen LogP contribution is 2.04. The summed E-state index contributed by atoms with van der Waals surface area (Å²) in [6, 6.07) is 0. The second kappa shape index (κ2) is 8.14. The Labute approximate surface area is 85.2 Å². The molecule has 0 spiro atoms. The van der Waals surface area contributed by atoms with Crippen molar-refractivity contribution in [1.29, 1.82) is 0 Å². The molecule has 0 amide bonds. The molecule has 0 aliphatic heterocycles. The van der Waals surface area contributed by atoms with Gasteiger partial charge in [-0.1, -0.05) is 0 Å². The molecule has 0 fully saturated rings. The topological polar surface area (TPSA) is 62.2 Å². The third-order valence-electron chi connectivity index (χ3n) is 2.05. The molecule has 0 aromatic heterocycles. The van der Waals surface area contributed by atoms with Gasteiger partial charge < -0.3 is 19.7 Å². The average Bonchev–Trinajstić information content (AvgIpc) is 2.21. The molecule has 0 saturated carbocycles. The molecular weight excluding hydrogens is 186 g/mol. The summed E-state index contributed by atoms with van der Waals surface area (Å²) in [5.41, 5.74) is 0. The summed E-state index contributed by atoms with van der Waals surface area (Å²) < 4.78 is 10.6. The van der Waals surface area contributed by atoms with Crippen molar-refractivity contribution in [2.45, 2.75) is 26.3 Å². The predicted molar refractivity (Wildman–Crippen MR) is 52.8 cm³/mol. The zero-order valence-electron chi connectivity index (χ0n) is 9.14. The lowest BCUT2D eigenvalue weighted by Crippen LogP contribution is -2.40. The molecule has 0 aliphatic rings. The van der Waals surface area contributed by atoms with Crippen molar-refractivity contribution < 1.29 is 19.7 Å². The number of rotatable bonds is 8. The van der Waals surface area contributed by atoms with Crippen LogP contribution in [0.2, 0.25) is 0 Å². The van der Waals surface area contributed by atoms with E-state index in [1.165, 1.54) is 0 Å². The van der Waals surface area contributed by atoms with Gasteiger partial charge >= 0.3 is 0 Å². The Morgan fingerprint density at radius 2 is 1.36 bits per heavy atom. The first-order chi connectivity index (χ1) is 6.63. The van der Waals surface area contributed by atoms with Crippen LogP contribution in [0.4, 0.5) is 0 Å². The van der Waals surface area contributed by atoms with Crippen LogP contribution in [0.5, 0.6) is 0 Å². The second-order valence-electron chi connectivity index (χ2n) is 3.05. The highest BCUT2D eigenvalue weighted by molar-refractivity contribution is 4.55. The van der Waals surface area contributed by atoms with Crippen LogP contribution >= 0.6 is 0 Å². The fourth-order valence-electron chi connectivity index (χ4n) is 0.977. The molecule has 5 heteroatoms. The van der Waals surface area contributed by atoms with E-state index in [2.05, 4.69) is 0 Å². The Balaban J connectivity index is 3.72. The van der Waals surface area contributed by atoms with Gasteiger partial charge in [-0.05, 0) is 20.9 Å². The molecular formula is C9H21NO4. The quantitative estimate of drug-likeness (QED) is 0.532. The van der Waals surface area contributed by atoms with E-state index in [4.69, 9.17) is 19.7 Å². The molecule has 0 saturated heterocycles. The number of aliphatic hydroxyl groups is 2. The third kappa shape index (κ3) is 5.51. The normalized spacial score (nSPS) is 15.9. The molecule has 14 heavy (non-hydrogen) atoms. The van der Waals surface area contributed by atoms with Crippen molar-refractivity contribution in [3.63, 3.8) is 0 Å². The van der Waals surface area contributed by atoms with Crippen LogP contribution in [0.25, 0.3) is 0 Å². The third-order valence-corrected chi connectivity index (χ3v) is 2.05. The fraction of sp³-hybridized carbons (Fsp3) is 1.00. The molecule has 2 unspecified atom stereocenters. The molecule has 0 aromatic rings. The lowest BCUT2D eigenvalue weighted by Gasteiger charge is -2.30. The maximum atomic E-state index is 8.57. The van der Waals surface area contributed by atoms with Crippen LogP contribution in [0, 0.1) is 0 Å². The van der Waals surface area contributed by atoms with E-state index in [-0.39, 0.29) is 25.7 Å². The summed E-state index contributed by atoms with van der Waals surface area (Å²) in [6.07, 6.45) is -0.230. The lowest BCUT2D eigenvalue weighted by molar-refractivity contribution is -0.134. The van der Waals surface area contributed by atoms with Gasteiger partial charge in [0.15, 0.2) is 0 Å². The van der Waals surface area contributed by atoms with E-state index in [0.717, 1.165) is 0 Å². The minimum absolute atomic E-state index is 0.0179. The Morgan fingerprint density at radius 1 is 1.00 bits per heavy atom. The van der Waals surface area contributed by atoms with Crippen LogP contribution in [-0.2, 0) is 9.47 Å². The first kappa shape index (κ1) is 13.8. The number of aliphatic hydroxyl groups excluding tert-OH is 2. The van der Waals surface area contributed by atoms with E-state index < -0.39 is 0 Å². The van der Waals surface area contributed by atoms with Gasteiger partial charge in [0, 0.05) is 0 Å². The van der Waals surface area contributed by atoms with Crippen molar-refractivity contribution >= 4 is 0 Å². The second-order valence-corrected chi connectivity index (χ2v) is 3.05. The molecule has 2 N–H and O–H groups in total. The maximum Gasteiger partial charge on any atom is 0.109 e. The van der Waals surface area contributed by atoms with E-state index in [9.17, 15) is 0 Å². The van der Waals surface area contributed by atoms with Gasteiger partial charge in [0.2, 0.25) is 0 Å². The van der Waals surface area contributed by atoms with Crippen LogP contribution in [0.3, 0.4) is 0 Å². The standard InChI is InChI=1S/C9H21NO4/c1-8(13-6-4-11)10(3)9(2)14-7-5-12/h8-9,11-12H,4-7H2,1-3H3. The highest BCUT2D eigenvalue weighted by Gasteiger charge is 2.15. The van der Waals surface area contributed by atoms with Crippen molar-refractivity contribution in [2.75, 3.05) is 33.5 Å². The molecule has 0 rings (SSSR count). The minimum Gasteiger partial charge on any atom is -0.394 e. The van der Waals surface area contributed by atoms with E-state index >= 15 is 0 Å². The SMILES string of the molecule is CC(OCCO)N(C)C(C)OCCO. The Kier molecular flexibility index (Phi) is 8.02. The van der Waals surface area contributed by atoms with Crippen molar-refractivity contribution in [3.05, 3.63) is 0 Å². The van der Waals surface area contributed by atoms with Gasteiger partial charge in [0.05, 0.1) is 26.4 Å². The Morgan fingerprint density at radius 3 is 1.64 bits per heavy atom. The van der Waals surface area contributed by atoms with Crippen LogP contribution < -0.4 is 0 Å². The molecule has 0 bridgehead atoms. The summed E-state index contributed by atoms with van der Waals surface area (Å²) in [6.45, 7) is 4.44. The molecule has 86 valence electrons. The maximum absolute atomic E-state index is 8.57. The van der Waals surface area contributed by atoms with Gasteiger partial charge in [0.1, 0.15) is 12.5 Å². The van der Waals surface area contributed by atoms with Gasteiger partial charge in [-0.25, -0.2) is 0 Å². The summed E-state index contributed by atoms with van der Waals surface area (Å²) in [5.74, 6) is 0. The van der Waals surface area contributed by atoms with Crippen molar-refractivity contribution in [3.8, 4) is 0 Å². The van der Waals surface area contributed by atoms with E-state index in [1.54, 1.807) is 0 Å². The zero-order valence-corrected chi connectivity index (χ0v) is 9.14. The number of nitrogens with zero attached hydrogens (tertiary/aromatic N) is 1. The van der Waals surface area contributed by atoms with Gasteiger partial charge in [-0.3, -0.25) is 4.90 Å². The predicted octanol–water partition coefficient (Wildman–Crippen LogP) is -0.372. The minimum atomic E-state index is -0.115. The highest BCUT2D eigenvalue weighted by atomic mass is 16.5. The van der Waals surface area contributed by atoms with Gasteiger partial charge in [-0.2, -0.15) is 0 Å². The molecule has 0 radical (unpaired) electrons. The summed E-state index contributed by atoms with van der Waals surface area (Å²) in [5, 5.41) is 17.1. The zero-order chi connectivity index (χ0) is 11.0. The summed E-state index contributed by atoms with van der Waals surface area (Å²) in [4.78, 5) is 1.88. The Bertz CT molecular complexity index is 120. The summed E-state index contributed by atoms with van der Waals surface area (Å²) >= 11 is 0. The summed E-state index contributed by atoms with van der Waals surface area (Å²) in [7, 11) is 1.87. The van der Waals surface area contributed by atoms with E-state index in [1.807, 2.05) is 25.8 Å². The van der Waals surface area contributed by atoms with Crippen molar-refractivity contribution in [1.82, 2.24) is 4.90 Å².